The Morgan fingerprint density at radius 3 is 2.90 bits per heavy atom. The largest absolute Gasteiger partial charge is 0.444 e. The van der Waals surface area contributed by atoms with Crippen LogP contribution in [0.5, 0.6) is 0 Å². The summed E-state index contributed by atoms with van der Waals surface area (Å²) in [6, 6.07) is 2.40. The van der Waals surface area contributed by atoms with Gasteiger partial charge in [-0.05, 0) is 50.6 Å². The molecule has 1 aliphatic heterocycles. The lowest BCUT2D eigenvalue weighted by molar-refractivity contribution is 0.0135. The molecule has 20 heavy (non-hydrogen) atoms. The van der Waals surface area contributed by atoms with E-state index >= 15 is 0 Å². The molecule has 0 aromatic carbocycles. The summed E-state index contributed by atoms with van der Waals surface area (Å²) in [5, 5.41) is 2.14. The molecule has 0 fully saturated rings. The van der Waals surface area contributed by atoms with Gasteiger partial charge < -0.3 is 9.64 Å². The van der Waals surface area contributed by atoms with E-state index in [2.05, 4.69) is 18.4 Å². The summed E-state index contributed by atoms with van der Waals surface area (Å²) in [5.41, 5.74) is 0.984. The second kappa shape index (κ2) is 6.17. The lowest BCUT2D eigenvalue weighted by atomic mass is 9.98. The zero-order valence-corrected chi connectivity index (χ0v) is 13.8. The standard InChI is InChI=1S/C16H25NO2S/c1-5-6-7-13-14-12(9-11-20-14)8-10-17(13)15(18)19-16(2,3)4/h9,11,13H,5-8,10H2,1-4H3. The van der Waals surface area contributed by atoms with E-state index < -0.39 is 5.60 Å². The Morgan fingerprint density at radius 2 is 2.25 bits per heavy atom. The molecule has 0 N–H and O–H groups in total. The minimum absolute atomic E-state index is 0.169. The highest BCUT2D eigenvalue weighted by Gasteiger charge is 2.33. The Hall–Kier alpha value is -1.03. The van der Waals surface area contributed by atoms with Crippen molar-refractivity contribution >= 4 is 17.4 Å². The summed E-state index contributed by atoms with van der Waals surface area (Å²) in [6.45, 7) is 8.73. The molecule has 0 radical (unpaired) electrons. The first-order valence-corrected chi connectivity index (χ1v) is 8.36. The third-order valence-corrected chi connectivity index (χ3v) is 4.60. The molecule has 1 aliphatic rings. The lowest BCUT2D eigenvalue weighted by Gasteiger charge is -2.36. The van der Waals surface area contributed by atoms with Gasteiger partial charge in [0, 0.05) is 11.4 Å². The molecule has 1 unspecified atom stereocenters. The van der Waals surface area contributed by atoms with Crippen LogP contribution >= 0.6 is 11.3 Å². The maximum Gasteiger partial charge on any atom is 0.410 e. The van der Waals surface area contributed by atoms with E-state index in [1.54, 1.807) is 11.3 Å². The molecule has 2 rings (SSSR count). The van der Waals surface area contributed by atoms with Crippen LogP contribution in [0.2, 0.25) is 0 Å². The van der Waals surface area contributed by atoms with Crippen molar-refractivity contribution in [3.8, 4) is 0 Å². The zero-order valence-electron chi connectivity index (χ0n) is 12.9. The molecular weight excluding hydrogens is 270 g/mol. The predicted octanol–water partition coefficient (Wildman–Crippen LogP) is 4.77. The molecule has 4 heteroatoms. The van der Waals surface area contributed by atoms with Gasteiger partial charge in [0.05, 0.1) is 6.04 Å². The first-order valence-electron chi connectivity index (χ1n) is 7.48. The fraction of sp³-hybridized carbons (Fsp3) is 0.688. The second-order valence-corrected chi connectivity index (χ2v) is 7.34. The Kier molecular flexibility index (Phi) is 4.74. The fourth-order valence-electron chi connectivity index (χ4n) is 2.61. The third kappa shape index (κ3) is 3.54. The average molecular weight is 295 g/mol. The molecule has 3 nitrogen and oxygen atoms in total. The van der Waals surface area contributed by atoms with Crippen LogP contribution in [0.15, 0.2) is 11.4 Å². The molecule has 0 spiro atoms. The molecule has 0 bridgehead atoms. The van der Waals surface area contributed by atoms with E-state index in [1.165, 1.54) is 10.4 Å². The Bertz CT molecular complexity index is 461. The van der Waals surface area contributed by atoms with Gasteiger partial charge in [0.2, 0.25) is 0 Å². The highest BCUT2D eigenvalue weighted by atomic mass is 32.1. The highest BCUT2D eigenvalue weighted by Crippen LogP contribution is 2.37. The number of unbranched alkanes of at least 4 members (excludes halogenated alkanes) is 1. The van der Waals surface area contributed by atoms with Crippen molar-refractivity contribution < 1.29 is 9.53 Å². The maximum atomic E-state index is 12.4. The van der Waals surface area contributed by atoms with Gasteiger partial charge in [0.25, 0.3) is 0 Å². The quantitative estimate of drug-likeness (QED) is 0.803. The van der Waals surface area contributed by atoms with Crippen molar-refractivity contribution in [3.63, 3.8) is 0 Å². The number of fused-ring (bicyclic) bond motifs is 1. The molecule has 1 aromatic rings. The van der Waals surface area contributed by atoms with Gasteiger partial charge >= 0.3 is 6.09 Å². The molecule has 1 atom stereocenters. The summed E-state index contributed by atoms with van der Waals surface area (Å²) in [6.07, 6.45) is 4.10. The molecule has 2 heterocycles. The summed E-state index contributed by atoms with van der Waals surface area (Å²) in [7, 11) is 0. The SMILES string of the molecule is CCCCC1c2sccc2CCN1C(=O)OC(C)(C)C. The molecule has 0 aliphatic carbocycles. The Balaban J connectivity index is 2.17. The molecule has 0 saturated carbocycles. The van der Waals surface area contributed by atoms with Crippen LogP contribution in [-0.4, -0.2) is 23.1 Å². The van der Waals surface area contributed by atoms with Gasteiger partial charge in [-0.25, -0.2) is 4.79 Å². The Labute approximate surface area is 125 Å². The smallest absolute Gasteiger partial charge is 0.410 e. The van der Waals surface area contributed by atoms with E-state index in [9.17, 15) is 4.79 Å². The van der Waals surface area contributed by atoms with Crippen molar-refractivity contribution in [1.29, 1.82) is 0 Å². The van der Waals surface area contributed by atoms with Crippen molar-refractivity contribution in [1.82, 2.24) is 4.90 Å². The van der Waals surface area contributed by atoms with Gasteiger partial charge in [0.15, 0.2) is 0 Å². The number of hydrogen-bond donors (Lipinski definition) is 0. The van der Waals surface area contributed by atoms with Crippen molar-refractivity contribution in [3.05, 3.63) is 21.9 Å². The number of rotatable bonds is 3. The van der Waals surface area contributed by atoms with E-state index in [0.29, 0.717) is 0 Å². The number of carbonyl (C=O) groups is 1. The van der Waals surface area contributed by atoms with Gasteiger partial charge in [0.1, 0.15) is 5.60 Å². The van der Waals surface area contributed by atoms with Crippen LogP contribution in [0.1, 0.15) is 63.4 Å². The maximum absolute atomic E-state index is 12.4. The monoisotopic (exact) mass is 295 g/mol. The number of nitrogens with zero attached hydrogens (tertiary/aromatic N) is 1. The van der Waals surface area contributed by atoms with E-state index in [0.717, 1.165) is 32.2 Å². The summed E-state index contributed by atoms with van der Waals surface area (Å²) < 4.78 is 5.57. The number of amides is 1. The third-order valence-electron chi connectivity index (χ3n) is 3.54. The van der Waals surface area contributed by atoms with Crippen molar-refractivity contribution in [2.24, 2.45) is 0 Å². The Morgan fingerprint density at radius 1 is 1.50 bits per heavy atom. The first kappa shape index (κ1) is 15.4. The van der Waals surface area contributed by atoms with Crippen LogP contribution < -0.4 is 0 Å². The van der Waals surface area contributed by atoms with Crippen LogP contribution in [0.25, 0.3) is 0 Å². The van der Waals surface area contributed by atoms with E-state index in [-0.39, 0.29) is 12.1 Å². The van der Waals surface area contributed by atoms with Crippen LogP contribution in [-0.2, 0) is 11.2 Å². The van der Waals surface area contributed by atoms with Gasteiger partial charge in [-0.15, -0.1) is 11.3 Å². The molecular formula is C16H25NO2S. The zero-order chi connectivity index (χ0) is 14.8. The minimum Gasteiger partial charge on any atom is -0.444 e. The predicted molar refractivity (Wildman–Crippen MR) is 83.2 cm³/mol. The number of carbonyl (C=O) groups excluding carboxylic acids is 1. The number of ether oxygens (including phenoxy) is 1. The average Bonchev–Trinajstić information content (AvgIpc) is 2.81. The number of hydrogen-bond acceptors (Lipinski definition) is 3. The van der Waals surface area contributed by atoms with Crippen molar-refractivity contribution in [2.75, 3.05) is 6.54 Å². The minimum atomic E-state index is -0.428. The normalized spacial score (nSPS) is 18.8. The van der Waals surface area contributed by atoms with Gasteiger partial charge in [-0.2, -0.15) is 0 Å². The van der Waals surface area contributed by atoms with E-state index in [1.807, 2.05) is 25.7 Å². The van der Waals surface area contributed by atoms with E-state index in [4.69, 9.17) is 4.74 Å². The number of thiophene rings is 1. The summed E-state index contributed by atoms with van der Waals surface area (Å²) in [5.74, 6) is 0. The molecule has 0 saturated heterocycles. The summed E-state index contributed by atoms with van der Waals surface area (Å²) in [4.78, 5) is 15.7. The van der Waals surface area contributed by atoms with Crippen LogP contribution in [0.4, 0.5) is 4.79 Å². The topological polar surface area (TPSA) is 29.5 Å². The van der Waals surface area contributed by atoms with Gasteiger partial charge in [-0.3, -0.25) is 0 Å². The van der Waals surface area contributed by atoms with Crippen molar-refractivity contribution in [2.45, 2.75) is 65.0 Å². The first-order chi connectivity index (χ1) is 9.42. The molecule has 1 aromatic heterocycles. The highest BCUT2D eigenvalue weighted by molar-refractivity contribution is 7.10. The molecule has 1 amide bonds. The second-order valence-electron chi connectivity index (χ2n) is 6.39. The van der Waals surface area contributed by atoms with Crippen LogP contribution in [0.3, 0.4) is 0 Å². The molecule has 112 valence electrons. The summed E-state index contributed by atoms with van der Waals surface area (Å²) >= 11 is 1.77. The van der Waals surface area contributed by atoms with Crippen LogP contribution in [0, 0.1) is 0 Å². The van der Waals surface area contributed by atoms with Gasteiger partial charge in [-0.1, -0.05) is 19.8 Å². The lowest BCUT2D eigenvalue weighted by Crippen LogP contribution is -2.42. The fourth-order valence-corrected chi connectivity index (χ4v) is 3.71.